The second kappa shape index (κ2) is 14.9. The van der Waals surface area contributed by atoms with Gasteiger partial charge in [-0.15, -0.1) is 6.58 Å². The molecule has 0 spiro atoms. The van der Waals surface area contributed by atoms with Gasteiger partial charge < -0.3 is 26.2 Å². The largest absolute Gasteiger partial charge is 0.346 e. The minimum absolute atomic E-state index is 0.0653. The van der Waals surface area contributed by atoms with E-state index in [1.807, 2.05) is 27.7 Å². The highest BCUT2D eigenvalue weighted by atomic mass is 16.2. The van der Waals surface area contributed by atoms with Crippen molar-refractivity contribution in [1.29, 1.82) is 0 Å². The van der Waals surface area contributed by atoms with E-state index in [1.165, 1.54) is 18.5 Å². The fourth-order valence-corrected chi connectivity index (χ4v) is 8.36. The van der Waals surface area contributed by atoms with Crippen LogP contribution in [0.2, 0.25) is 0 Å². The molecule has 6 atom stereocenters. The highest BCUT2D eigenvalue weighted by molar-refractivity contribution is 6.38. The van der Waals surface area contributed by atoms with Gasteiger partial charge in [0.05, 0.1) is 6.04 Å². The monoisotopic (exact) mass is 704 g/mol. The molecular formula is C39H56N6O6. The fraction of sp³-hybridized carbons (Fsp3) is 0.667. The average Bonchev–Trinajstić information content (AvgIpc) is 3.95. The van der Waals surface area contributed by atoms with Gasteiger partial charge in [-0.2, -0.15) is 0 Å². The Morgan fingerprint density at radius 2 is 1.63 bits per heavy atom. The van der Waals surface area contributed by atoms with Gasteiger partial charge in [-0.3, -0.25) is 33.8 Å². The van der Waals surface area contributed by atoms with Crippen LogP contribution in [0.1, 0.15) is 103 Å². The van der Waals surface area contributed by atoms with Gasteiger partial charge in [0.25, 0.3) is 11.8 Å². The van der Waals surface area contributed by atoms with Crippen molar-refractivity contribution in [3.8, 4) is 0 Å². The van der Waals surface area contributed by atoms with Gasteiger partial charge in [-0.1, -0.05) is 79.7 Å². The van der Waals surface area contributed by atoms with Gasteiger partial charge in [0, 0.05) is 31.0 Å². The summed E-state index contributed by atoms with van der Waals surface area (Å²) in [6.07, 6.45) is 11.1. The predicted octanol–water partition coefficient (Wildman–Crippen LogP) is 3.32. The zero-order valence-electron chi connectivity index (χ0n) is 31.1. The maximum atomic E-state index is 14.7. The number of aromatic nitrogens is 1. The van der Waals surface area contributed by atoms with Crippen molar-refractivity contribution in [2.45, 2.75) is 117 Å². The third kappa shape index (κ3) is 8.36. The van der Waals surface area contributed by atoms with E-state index in [0.29, 0.717) is 18.5 Å². The second-order valence-corrected chi connectivity index (χ2v) is 17.2. The molecule has 4 N–H and O–H groups in total. The lowest BCUT2D eigenvalue weighted by atomic mass is 9.70. The van der Waals surface area contributed by atoms with E-state index in [1.54, 1.807) is 17.0 Å². The minimum Gasteiger partial charge on any atom is -0.346 e. The summed E-state index contributed by atoms with van der Waals surface area (Å²) in [6, 6.07) is -0.604. The Bertz CT molecular complexity index is 1530. The number of carbonyl (C=O) groups is 6. The normalized spacial score (nSPS) is 24.9. The van der Waals surface area contributed by atoms with Crippen LogP contribution in [-0.4, -0.2) is 82.5 Å². The standard InChI is InChI=1S/C39H56N6O6/c1-8-18-41-34(49)29(46)26(21-23-12-13-23)42-33(48)28-27-25(38(27,5)6)22-45(28)36(51)31(37(2,3)4)44-35(50)30(39(7)16-10-9-11-17-39)43-32(47)24-14-19-40-20-15-24/h8,14-15,19-20,23,25-28,30-31H,1,9-13,16-18,21-22H2,2-7H3,(H,41,49)(H,42,48)(H,43,47)(H,44,50)/t25-,26?,27-,28-,30+,31+/m0/s1. The van der Waals surface area contributed by atoms with Crippen LogP contribution < -0.4 is 21.3 Å². The number of rotatable bonds is 14. The van der Waals surface area contributed by atoms with Crippen LogP contribution in [0.5, 0.6) is 0 Å². The van der Waals surface area contributed by atoms with Crippen LogP contribution in [0, 0.1) is 34.0 Å². The molecule has 5 amide bonds. The molecule has 0 bridgehead atoms. The van der Waals surface area contributed by atoms with Crippen LogP contribution in [0.4, 0.5) is 0 Å². The summed E-state index contributed by atoms with van der Waals surface area (Å²) in [5.41, 5.74) is -1.10. The maximum absolute atomic E-state index is 14.7. The molecule has 4 fully saturated rings. The van der Waals surface area contributed by atoms with Gasteiger partial charge in [0.2, 0.25) is 23.5 Å². The number of amides is 5. The first-order chi connectivity index (χ1) is 24.0. The molecule has 0 radical (unpaired) electrons. The molecule has 4 aliphatic rings. The Morgan fingerprint density at radius 3 is 2.22 bits per heavy atom. The Labute approximate surface area is 301 Å². The summed E-state index contributed by atoms with van der Waals surface area (Å²) in [5, 5.41) is 11.4. The molecule has 3 aliphatic carbocycles. The van der Waals surface area contributed by atoms with Gasteiger partial charge in [-0.05, 0) is 65.4 Å². The van der Waals surface area contributed by atoms with Crippen molar-refractivity contribution in [3.05, 3.63) is 42.7 Å². The highest BCUT2D eigenvalue weighted by Crippen LogP contribution is 2.65. The van der Waals surface area contributed by atoms with Crippen LogP contribution >= 0.6 is 0 Å². The first-order valence-corrected chi connectivity index (χ1v) is 18.5. The van der Waals surface area contributed by atoms with Crippen molar-refractivity contribution < 1.29 is 28.8 Å². The van der Waals surface area contributed by atoms with E-state index >= 15 is 0 Å². The summed E-state index contributed by atoms with van der Waals surface area (Å²) in [7, 11) is 0. The van der Waals surface area contributed by atoms with E-state index < -0.39 is 64.4 Å². The molecule has 0 aromatic carbocycles. The molecular weight excluding hydrogens is 648 g/mol. The van der Waals surface area contributed by atoms with E-state index in [-0.39, 0.29) is 35.6 Å². The number of hydrogen-bond donors (Lipinski definition) is 4. The number of nitrogens with one attached hydrogen (secondary N) is 4. The maximum Gasteiger partial charge on any atom is 0.289 e. The smallest absolute Gasteiger partial charge is 0.289 e. The Kier molecular flexibility index (Phi) is 11.1. The quantitative estimate of drug-likeness (QED) is 0.170. The number of nitrogens with zero attached hydrogens (tertiary/aromatic N) is 2. The second-order valence-electron chi connectivity index (χ2n) is 17.2. The van der Waals surface area contributed by atoms with Crippen LogP contribution in [0.15, 0.2) is 37.2 Å². The van der Waals surface area contributed by atoms with Crippen molar-refractivity contribution in [2.24, 2.45) is 34.0 Å². The van der Waals surface area contributed by atoms with E-state index in [0.717, 1.165) is 44.9 Å². The number of pyridine rings is 1. The lowest BCUT2D eigenvalue weighted by Crippen LogP contribution is -2.64. The summed E-state index contributed by atoms with van der Waals surface area (Å²) < 4.78 is 0. The Morgan fingerprint density at radius 1 is 0.980 bits per heavy atom. The fourth-order valence-electron chi connectivity index (χ4n) is 8.36. The highest BCUT2D eigenvalue weighted by Gasteiger charge is 2.70. The zero-order chi connectivity index (χ0) is 37.3. The molecule has 5 rings (SSSR count). The van der Waals surface area contributed by atoms with Crippen LogP contribution in [0.3, 0.4) is 0 Å². The molecule has 12 nitrogen and oxygen atoms in total. The third-order valence-electron chi connectivity index (χ3n) is 11.9. The van der Waals surface area contributed by atoms with Crippen LogP contribution in [-0.2, 0) is 24.0 Å². The first kappa shape index (κ1) is 38.1. The summed E-state index contributed by atoms with van der Waals surface area (Å²) >= 11 is 0. The zero-order valence-corrected chi connectivity index (χ0v) is 31.1. The van der Waals surface area contributed by atoms with E-state index in [2.05, 4.69) is 46.7 Å². The summed E-state index contributed by atoms with van der Waals surface area (Å²) in [5.74, 6) is -3.01. The number of ketones is 1. The molecule has 1 saturated heterocycles. The van der Waals surface area contributed by atoms with Crippen molar-refractivity contribution >= 4 is 35.3 Å². The van der Waals surface area contributed by atoms with Crippen molar-refractivity contribution in [3.63, 3.8) is 0 Å². The molecule has 1 aromatic rings. The van der Waals surface area contributed by atoms with Gasteiger partial charge in [-0.25, -0.2) is 0 Å². The lowest BCUT2D eigenvalue weighted by molar-refractivity contribution is -0.147. The first-order valence-electron chi connectivity index (χ1n) is 18.5. The number of piperidine rings is 1. The third-order valence-corrected chi connectivity index (χ3v) is 11.9. The van der Waals surface area contributed by atoms with Gasteiger partial charge >= 0.3 is 0 Å². The Balaban J connectivity index is 1.38. The molecule has 3 saturated carbocycles. The molecule has 12 heteroatoms. The molecule has 51 heavy (non-hydrogen) atoms. The minimum atomic E-state index is -1.01. The van der Waals surface area contributed by atoms with Crippen molar-refractivity contribution in [2.75, 3.05) is 13.1 Å². The van der Waals surface area contributed by atoms with E-state index in [9.17, 15) is 28.8 Å². The predicted molar refractivity (Wildman–Crippen MR) is 192 cm³/mol. The average molecular weight is 705 g/mol. The topological polar surface area (TPSA) is 167 Å². The number of likely N-dealkylation sites (tertiary alicyclic amines) is 1. The number of hydrogen-bond acceptors (Lipinski definition) is 7. The number of carbonyl (C=O) groups excluding carboxylic acids is 6. The number of fused-ring (bicyclic) bond motifs is 1. The van der Waals surface area contributed by atoms with Gasteiger partial charge in [0.15, 0.2) is 0 Å². The van der Waals surface area contributed by atoms with Crippen LogP contribution in [0.25, 0.3) is 0 Å². The number of Topliss-reactive ketones (excluding diaryl/α,β-unsaturated/α-hetero) is 1. The SMILES string of the molecule is C=CCNC(=O)C(=O)C(CC1CC1)NC(=O)[C@@H]1[C@@H]2[C@H](CN1C(=O)[C@@H](NC(=O)[C@@H](NC(=O)c1ccncc1)C1(C)CCCCC1)C(C)(C)C)C2(C)C. The van der Waals surface area contributed by atoms with Crippen molar-refractivity contribution in [1.82, 2.24) is 31.2 Å². The molecule has 2 heterocycles. The molecule has 1 aromatic heterocycles. The van der Waals surface area contributed by atoms with Gasteiger partial charge in [0.1, 0.15) is 18.1 Å². The Hall–Kier alpha value is -4.09. The molecule has 1 unspecified atom stereocenters. The summed E-state index contributed by atoms with van der Waals surface area (Å²) in [6.45, 7) is 15.8. The van der Waals surface area contributed by atoms with E-state index in [4.69, 9.17) is 0 Å². The molecule has 278 valence electrons. The summed E-state index contributed by atoms with van der Waals surface area (Å²) in [4.78, 5) is 88.1. The lowest BCUT2D eigenvalue weighted by Gasteiger charge is -2.42. The molecule has 1 aliphatic heterocycles.